The van der Waals surface area contributed by atoms with Gasteiger partial charge in [-0.2, -0.15) is 0 Å². The van der Waals surface area contributed by atoms with Gasteiger partial charge < -0.3 is 15.0 Å². The smallest absolute Gasteiger partial charge is 0.275 e. The quantitative estimate of drug-likeness (QED) is 0.643. The second-order valence-electron chi connectivity index (χ2n) is 7.57. The molecule has 32 heavy (non-hydrogen) atoms. The number of thiazole rings is 1. The van der Waals surface area contributed by atoms with Crippen LogP contribution >= 0.6 is 11.3 Å². The van der Waals surface area contributed by atoms with Crippen molar-refractivity contribution in [2.75, 3.05) is 25.1 Å². The van der Waals surface area contributed by atoms with Crippen LogP contribution in [0.4, 0.5) is 5.13 Å². The van der Waals surface area contributed by atoms with Gasteiger partial charge in [-0.25, -0.2) is 4.98 Å². The number of nitrogens with one attached hydrogen (secondary N) is 1. The van der Waals surface area contributed by atoms with Crippen LogP contribution < -0.4 is 15.0 Å². The van der Waals surface area contributed by atoms with E-state index in [2.05, 4.69) is 21.8 Å². The first kappa shape index (κ1) is 21.8. The molecule has 0 saturated carbocycles. The minimum Gasteiger partial charge on any atom is -0.497 e. The van der Waals surface area contributed by atoms with Crippen LogP contribution in [0.1, 0.15) is 46.2 Å². The molecule has 7 nitrogen and oxygen atoms in total. The van der Waals surface area contributed by atoms with Gasteiger partial charge in [-0.1, -0.05) is 24.8 Å². The summed E-state index contributed by atoms with van der Waals surface area (Å²) in [6, 6.07) is 5.46. The fourth-order valence-corrected chi connectivity index (χ4v) is 4.76. The number of aromatic nitrogens is 1. The Hall–Kier alpha value is -3.39. The molecular formula is C24H26N4O3S. The topological polar surface area (TPSA) is 74.8 Å². The average molecular weight is 451 g/mol. The molecule has 166 valence electrons. The van der Waals surface area contributed by atoms with Crippen LogP contribution in [0.25, 0.3) is 0 Å². The molecule has 2 aromatic rings. The molecule has 0 aliphatic carbocycles. The first-order valence-corrected chi connectivity index (χ1v) is 11.4. The average Bonchev–Trinajstić information content (AvgIpc) is 3.56. The second kappa shape index (κ2) is 9.40. The molecule has 4 rings (SSSR count). The standard InChI is InChI=1S/C24H26N4O3S/c1-4-8-21(27-11-6-7-12-27)19(5-2)25-22(29)20-15-32-24(26-20)28-14-16-9-10-17(31-3)13-18(16)23(28)30/h4-5,8-10,13,15H,1,6-7,11-12,14H2,2-3H3,(H,25,29)/b19-5+,21-8+. The van der Waals surface area contributed by atoms with Crippen LogP contribution in [0.3, 0.4) is 0 Å². The van der Waals surface area contributed by atoms with Crippen LogP contribution in [0.2, 0.25) is 0 Å². The Morgan fingerprint density at radius 2 is 2.09 bits per heavy atom. The van der Waals surface area contributed by atoms with Crippen molar-refractivity contribution in [2.24, 2.45) is 0 Å². The summed E-state index contributed by atoms with van der Waals surface area (Å²) < 4.78 is 5.23. The summed E-state index contributed by atoms with van der Waals surface area (Å²) in [4.78, 5) is 34.1. The van der Waals surface area contributed by atoms with E-state index in [1.54, 1.807) is 29.5 Å². The number of nitrogens with zero attached hydrogens (tertiary/aromatic N) is 3. The van der Waals surface area contributed by atoms with Crippen LogP contribution in [-0.2, 0) is 6.54 Å². The zero-order valence-corrected chi connectivity index (χ0v) is 19.1. The third-order valence-electron chi connectivity index (χ3n) is 5.61. The first-order valence-electron chi connectivity index (χ1n) is 10.6. The molecule has 2 aliphatic rings. The molecule has 0 spiro atoms. The van der Waals surface area contributed by atoms with Crippen molar-refractivity contribution in [3.05, 3.63) is 76.6 Å². The fourth-order valence-electron chi connectivity index (χ4n) is 3.96. The molecule has 3 heterocycles. The Labute approximate surface area is 191 Å². The maximum atomic E-state index is 12.9. The Morgan fingerprint density at radius 1 is 1.31 bits per heavy atom. The number of amides is 2. The van der Waals surface area contributed by atoms with Gasteiger partial charge in [-0.15, -0.1) is 11.3 Å². The van der Waals surface area contributed by atoms with Crippen LogP contribution in [0, 0.1) is 0 Å². The normalized spacial score (nSPS) is 16.4. The van der Waals surface area contributed by atoms with Gasteiger partial charge in [-0.3, -0.25) is 14.5 Å². The van der Waals surface area contributed by atoms with Gasteiger partial charge in [0.2, 0.25) is 0 Å². The van der Waals surface area contributed by atoms with Crippen molar-refractivity contribution in [1.29, 1.82) is 0 Å². The maximum Gasteiger partial charge on any atom is 0.275 e. The molecule has 8 heteroatoms. The Morgan fingerprint density at radius 3 is 2.78 bits per heavy atom. The van der Waals surface area contributed by atoms with Crippen molar-refractivity contribution >= 4 is 28.3 Å². The van der Waals surface area contributed by atoms with E-state index in [9.17, 15) is 9.59 Å². The highest BCUT2D eigenvalue weighted by Crippen LogP contribution is 2.32. The van der Waals surface area contributed by atoms with Gasteiger partial charge in [-0.05, 0) is 43.5 Å². The van der Waals surface area contributed by atoms with Crippen LogP contribution in [-0.4, -0.2) is 41.9 Å². The van der Waals surface area contributed by atoms with E-state index in [1.165, 1.54) is 11.3 Å². The van der Waals surface area contributed by atoms with E-state index >= 15 is 0 Å². The molecule has 2 amide bonds. The fraction of sp³-hybridized carbons (Fsp3) is 0.292. The van der Waals surface area contributed by atoms with Crippen LogP contribution in [0.15, 0.2) is 59.8 Å². The predicted octanol–water partition coefficient (Wildman–Crippen LogP) is 4.11. The number of ether oxygens (including phenoxy) is 1. The SMILES string of the molecule is C=C/C=C(\C(=C/C)NC(=O)c1csc(N2Cc3ccc(OC)cc3C2=O)n1)N1CCCC1. The van der Waals surface area contributed by atoms with E-state index in [4.69, 9.17) is 4.74 Å². The lowest BCUT2D eigenvalue weighted by atomic mass is 10.1. The van der Waals surface area contributed by atoms with Gasteiger partial charge in [0.15, 0.2) is 5.13 Å². The summed E-state index contributed by atoms with van der Waals surface area (Å²) in [7, 11) is 1.57. The van der Waals surface area contributed by atoms with Gasteiger partial charge in [0.05, 0.1) is 25.0 Å². The van der Waals surface area contributed by atoms with Gasteiger partial charge >= 0.3 is 0 Å². The first-order chi connectivity index (χ1) is 15.5. The number of carbonyl (C=O) groups excluding carboxylic acids is 2. The summed E-state index contributed by atoms with van der Waals surface area (Å²) in [6.07, 6.45) is 7.80. The molecule has 0 bridgehead atoms. The van der Waals surface area contributed by atoms with Crippen LogP contribution in [0.5, 0.6) is 5.75 Å². The highest BCUT2D eigenvalue weighted by atomic mass is 32.1. The summed E-state index contributed by atoms with van der Waals surface area (Å²) in [5, 5.41) is 5.16. The third-order valence-corrected chi connectivity index (χ3v) is 6.48. The van der Waals surface area contributed by atoms with Crippen molar-refractivity contribution in [3.8, 4) is 5.75 Å². The summed E-state index contributed by atoms with van der Waals surface area (Å²) in [6.45, 7) is 8.04. The monoisotopic (exact) mass is 450 g/mol. The summed E-state index contributed by atoms with van der Waals surface area (Å²) in [5.41, 5.74) is 3.47. The molecule has 0 radical (unpaired) electrons. The maximum absolute atomic E-state index is 12.9. The van der Waals surface area contributed by atoms with Gasteiger partial charge in [0, 0.05) is 24.0 Å². The lowest BCUT2D eigenvalue weighted by molar-refractivity contribution is 0.0957. The van der Waals surface area contributed by atoms with Crippen molar-refractivity contribution < 1.29 is 14.3 Å². The van der Waals surface area contributed by atoms with Crippen molar-refractivity contribution in [3.63, 3.8) is 0 Å². The van der Waals surface area contributed by atoms with E-state index < -0.39 is 0 Å². The number of methoxy groups -OCH3 is 1. The molecule has 1 saturated heterocycles. The molecule has 0 atom stereocenters. The highest BCUT2D eigenvalue weighted by Gasteiger charge is 2.31. The molecule has 1 aromatic carbocycles. The molecule has 2 aliphatic heterocycles. The molecular weight excluding hydrogens is 424 g/mol. The largest absolute Gasteiger partial charge is 0.497 e. The minimum atomic E-state index is -0.305. The number of hydrogen-bond acceptors (Lipinski definition) is 6. The zero-order valence-electron chi connectivity index (χ0n) is 18.3. The number of likely N-dealkylation sites (tertiary alicyclic amines) is 1. The number of hydrogen-bond donors (Lipinski definition) is 1. The summed E-state index contributed by atoms with van der Waals surface area (Å²) >= 11 is 1.28. The number of carbonyl (C=O) groups is 2. The predicted molar refractivity (Wildman–Crippen MR) is 126 cm³/mol. The number of benzene rings is 1. The molecule has 1 fully saturated rings. The Kier molecular flexibility index (Phi) is 6.41. The second-order valence-corrected chi connectivity index (χ2v) is 8.40. The van der Waals surface area contributed by atoms with Gasteiger partial charge in [0.25, 0.3) is 11.8 Å². The van der Waals surface area contributed by atoms with E-state index in [1.807, 2.05) is 31.2 Å². The minimum absolute atomic E-state index is 0.139. The zero-order chi connectivity index (χ0) is 22.7. The van der Waals surface area contributed by atoms with E-state index in [-0.39, 0.29) is 17.5 Å². The Balaban J connectivity index is 1.50. The van der Waals surface area contributed by atoms with E-state index in [0.717, 1.165) is 42.9 Å². The Bertz CT molecular complexity index is 1110. The van der Waals surface area contributed by atoms with Gasteiger partial charge in [0.1, 0.15) is 11.4 Å². The van der Waals surface area contributed by atoms with E-state index in [0.29, 0.717) is 23.0 Å². The highest BCUT2D eigenvalue weighted by molar-refractivity contribution is 7.14. The van der Waals surface area contributed by atoms with Crippen molar-refractivity contribution in [1.82, 2.24) is 15.2 Å². The molecule has 1 aromatic heterocycles. The lowest BCUT2D eigenvalue weighted by Gasteiger charge is -2.24. The van der Waals surface area contributed by atoms with Crippen molar-refractivity contribution in [2.45, 2.75) is 26.3 Å². The third kappa shape index (κ3) is 4.18. The molecule has 0 unspecified atom stereocenters. The molecule has 1 N–H and O–H groups in total. The number of fused-ring (bicyclic) bond motifs is 1. The number of anilines is 1. The number of allylic oxidation sites excluding steroid dienone is 3. The number of rotatable bonds is 7. The lowest BCUT2D eigenvalue weighted by Crippen LogP contribution is -2.30. The summed E-state index contributed by atoms with van der Waals surface area (Å²) in [5.74, 6) is 0.193.